The van der Waals surface area contributed by atoms with Crippen molar-refractivity contribution in [3.8, 4) is 0 Å². The molecule has 1 unspecified atom stereocenters. The van der Waals surface area contributed by atoms with Gasteiger partial charge < -0.3 is 14.5 Å². The molecule has 3 heterocycles. The summed E-state index contributed by atoms with van der Waals surface area (Å²) in [5.41, 5.74) is 3.76. The van der Waals surface area contributed by atoms with Crippen molar-refractivity contribution in [2.24, 2.45) is 0 Å². The molecule has 9 rings (SSSR count). The van der Waals surface area contributed by atoms with Crippen LogP contribution in [0.5, 0.6) is 0 Å². The number of carbonyl (C=O) groups excluding carboxylic acids is 2. The Balaban J connectivity index is 0.000000164. The van der Waals surface area contributed by atoms with Crippen LogP contribution in [0.1, 0.15) is 124 Å². The largest absolute Gasteiger partial charge is 0.346 e. The van der Waals surface area contributed by atoms with Gasteiger partial charge in [0.15, 0.2) is 11.6 Å². The molecule has 1 N–H and O–H groups in total. The Morgan fingerprint density at radius 2 is 1.18 bits per heavy atom. The summed E-state index contributed by atoms with van der Waals surface area (Å²) in [5.74, 6) is -6.71. The third-order valence-electron chi connectivity index (χ3n) is 11.9. The summed E-state index contributed by atoms with van der Waals surface area (Å²) in [4.78, 5) is 34.0. The molecule has 3 saturated carbocycles. The molecule has 0 bridgehead atoms. The lowest BCUT2D eigenvalue weighted by Gasteiger charge is -2.32. The van der Waals surface area contributed by atoms with Crippen LogP contribution < -0.4 is 5.32 Å². The lowest BCUT2D eigenvalue weighted by Crippen LogP contribution is -2.29. The number of benzene rings is 3. The van der Waals surface area contributed by atoms with Crippen LogP contribution in [0, 0.1) is 11.6 Å². The minimum absolute atomic E-state index is 0.00306. The monoisotopic (exact) mass is 905 g/mol. The van der Waals surface area contributed by atoms with Crippen molar-refractivity contribution in [1.29, 1.82) is 0 Å². The molecule has 3 aromatic carbocycles. The van der Waals surface area contributed by atoms with Crippen molar-refractivity contribution in [2.75, 3.05) is 0 Å². The molecule has 0 radical (unpaired) electrons. The summed E-state index contributed by atoms with van der Waals surface area (Å²) >= 11 is 6.91. The van der Waals surface area contributed by atoms with Crippen molar-refractivity contribution < 1.29 is 35.9 Å². The van der Waals surface area contributed by atoms with Gasteiger partial charge in [-0.3, -0.25) is 9.59 Å². The van der Waals surface area contributed by atoms with Crippen molar-refractivity contribution in [1.82, 2.24) is 24.4 Å². The molecular weight excluding hydrogens is 868 g/mol. The minimum Gasteiger partial charge on any atom is -0.346 e. The van der Waals surface area contributed by atoms with E-state index in [0.29, 0.717) is 62.8 Å². The number of hydrogen-bond acceptors (Lipinski definition) is 4. The zero-order valence-corrected chi connectivity index (χ0v) is 33.4. The molecule has 5 aromatic rings. The van der Waals surface area contributed by atoms with Gasteiger partial charge in [-0.05, 0) is 92.6 Å². The second kappa shape index (κ2) is 15.2. The van der Waals surface area contributed by atoms with E-state index in [1.165, 1.54) is 6.07 Å². The van der Waals surface area contributed by atoms with E-state index in [2.05, 4.69) is 41.7 Å². The number of Topliss-reactive ketones (excluding diaryl/α,β-unsaturated/α-hetero) is 1. The predicted octanol–water partition coefficient (Wildman–Crippen LogP) is 11.6. The van der Waals surface area contributed by atoms with Crippen molar-refractivity contribution >= 4 is 65.6 Å². The molecular formula is C41H39Br2F6N5O2. The van der Waals surface area contributed by atoms with Gasteiger partial charge in [0.1, 0.15) is 17.4 Å². The SMILES string of the molecule is O=C1CC[C@@H](c2nc3cc(Br)ccc3n2C2CCC(F)(F)CC2)C1c1ccc(F)c(F)c1.O=C1CC[C@@H](c2nc3cc(Br)ccc3n2C2CCC(F)(F)CC2)N1. The third-order valence-corrected chi connectivity index (χ3v) is 12.8. The number of halogens is 8. The molecule has 15 heteroatoms. The van der Waals surface area contributed by atoms with Gasteiger partial charge in [-0.1, -0.05) is 37.9 Å². The van der Waals surface area contributed by atoms with Crippen LogP contribution >= 0.6 is 31.9 Å². The third kappa shape index (κ3) is 7.78. The average molecular weight is 908 g/mol. The highest BCUT2D eigenvalue weighted by Crippen LogP contribution is 2.48. The van der Waals surface area contributed by atoms with Gasteiger partial charge in [-0.2, -0.15) is 0 Å². The number of nitrogens with one attached hydrogen (secondary N) is 1. The smallest absolute Gasteiger partial charge is 0.248 e. The summed E-state index contributed by atoms with van der Waals surface area (Å²) in [5, 5.41) is 2.96. The number of alkyl halides is 4. The van der Waals surface area contributed by atoms with Gasteiger partial charge in [-0.25, -0.2) is 36.3 Å². The maximum Gasteiger partial charge on any atom is 0.248 e. The van der Waals surface area contributed by atoms with E-state index in [1.807, 2.05) is 41.0 Å². The summed E-state index contributed by atoms with van der Waals surface area (Å²) in [6.07, 6.45) is 2.95. The van der Waals surface area contributed by atoms with E-state index >= 15 is 0 Å². The fourth-order valence-electron chi connectivity index (χ4n) is 9.08. The second-order valence-corrected chi connectivity index (χ2v) is 17.4. The van der Waals surface area contributed by atoms with Crippen LogP contribution in [-0.4, -0.2) is 42.6 Å². The molecule has 3 aliphatic carbocycles. The standard InChI is InChI=1S/C24H21BrF4N2O.C17H18BrF2N3O/c25-14-2-5-20-19(12-14)30-23(31(20)15-7-9-24(28,29)10-8-15)16-3-6-21(32)22(16)13-1-4-17(26)18(27)11-13;18-10-1-3-14-13(9-10)22-16(12-2-4-15(24)21-12)23(14)11-5-7-17(19,20)8-6-11/h1-2,4-5,11-12,15-16,22H,3,6-10H2;1,3,9,11-12H,2,4-8H2,(H,21,24)/t16-,22?;12-/m10/s1. The Bertz CT molecular complexity index is 2310. The van der Waals surface area contributed by atoms with E-state index in [1.54, 1.807) is 0 Å². The van der Waals surface area contributed by atoms with E-state index < -0.39 is 29.4 Å². The maximum atomic E-state index is 14.0. The Hall–Kier alpha value is -3.72. The average Bonchev–Trinajstić information content (AvgIpc) is 3.93. The van der Waals surface area contributed by atoms with E-state index in [4.69, 9.17) is 9.97 Å². The van der Waals surface area contributed by atoms with Crippen LogP contribution in [-0.2, 0) is 9.59 Å². The lowest BCUT2D eigenvalue weighted by atomic mass is 9.86. The number of rotatable bonds is 5. The van der Waals surface area contributed by atoms with Gasteiger partial charge in [0, 0.05) is 65.5 Å². The number of hydrogen-bond donors (Lipinski definition) is 1. The highest BCUT2D eigenvalue weighted by Gasteiger charge is 2.43. The molecule has 56 heavy (non-hydrogen) atoms. The molecule has 296 valence electrons. The summed E-state index contributed by atoms with van der Waals surface area (Å²) in [6.45, 7) is 0. The van der Waals surface area contributed by atoms with Gasteiger partial charge in [-0.15, -0.1) is 0 Å². The van der Waals surface area contributed by atoms with Gasteiger partial charge >= 0.3 is 0 Å². The summed E-state index contributed by atoms with van der Waals surface area (Å²) in [6, 6.07) is 14.8. The maximum absolute atomic E-state index is 14.0. The number of aromatic nitrogens is 4. The highest BCUT2D eigenvalue weighted by molar-refractivity contribution is 9.10. The van der Waals surface area contributed by atoms with Crippen LogP contribution in [0.2, 0.25) is 0 Å². The van der Waals surface area contributed by atoms with Crippen molar-refractivity contribution in [3.63, 3.8) is 0 Å². The predicted molar refractivity (Wildman–Crippen MR) is 206 cm³/mol. The first kappa shape index (κ1) is 39.1. The zero-order chi connectivity index (χ0) is 39.5. The van der Waals surface area contributed by atoms with Gasteiger partial charge in [0.05, 0.1) is 34.0 Å². The van der Waals surface area contributed by atoms with Crippen LogP contribution in [0.15, 0.2) is 63.5 Å². The molecule has 0 spiro atoms. The molecule has 1 aliphatic heterocycles. The number of carbonyl (C=O) groups is 2. The first-order chi connectivity index (χ1) is 26.7. The Labute approximate surface area is 335 Å². The highest BCUT2D eigenvalue weighted by atomic mass is 79.9. The number of imidazole rings is 2. The molecule has 4 aliphatic rings. The zero-order valence-electron chi connectivity index (χ0n) is 30.2. The van der Waals surface area contributed by atoms with Crippen LogP contribution in [0.25, 0.3) is 22.1 Å². The summed E-state index contributed by atoms with van der Waals surface area (Å²) in [7, 11) is 0. The Morgan fingerprint density at radius 1 is 0.643 bits per heavy atom. The summed E-state index contributed by atoms with van der Waals surface area (Å²) < 4.78 is 88.2. The van der Waals surface area contributed by atoms with Crippen molar-refractivity contribution in [2.45, 2.75) is 119 Å². The number of amides is 1. The minimum atomic E-state index is -2.66. The lowest BCUT2D eigenvalue weighted by molar-refractivity contribution is -0.120. The van der Waals surface area contributed by atoms with Crippen LogP contribution in [0.4, 0.5) is 26.3 Å². The molecule has 3 atom stereocenters. The molecule has 2 aromatic heterocycles. The van der Waals surface area contributed by atoms with E-state index in [0.717, 1.165) is 49.0 Å². The topological polar surface area (TPSA) is 81.8 Å². The molecule has 4 fully saturated rings. The van der Waals surface area contributed by atoms with Gasteiger partial charge in [0.2, 0.25) is 17.8 Å². The van der Waals surface area contributed by atoms with E-state index in [-0.39, 0.29) is 61.4 Å². The first-order valence-corrected chi connectivity index (χ1v) is 20.6. The van der Waals surface area contributed by atoms with E-state index in [9.17, 15) is 35.9 Å². The van der Waals surface area contributed by atoms with Crippen LogP contribution in [0.3, 0.4) is 0 Å². The second-order valence-electron chi connectivity index (χ2n) is 15.5. The number of nitrogens with zero attached hydrogens (tertiary/aromatic N) is 4. The molecule has 1 saturated heterocycles. The Kier molecular flexibility index (Phi) is 10.6. The Morgan fingerprint density at radius 3 is 1.70 bits per heavy atom. The first-order valence-electron chi connectivity index (χ1n) is 19.0. The van der Waals surface area contributed by atoms with Gasteiger partial charge in [0.25, 0.3) is 0 Å². The molecule has 7 nitrogen and oxygen atoms in total. The molecule has 1 amide bonds. The fraction of sp³-hybridized carbons (Fsp3) is 0.463. The normalized spacial score (nSPS) is 24.1. The fourth-order valence-corrected chi connectivity index (χ4v) is 9.77. The number of ketones is 1. The quantitative estimate of drug-likeness (QED) is 0.178. The van der Waals surface area contributed by atoms with Crippen molar-refractivity contribution in [3.05, 3.63) is 92.4 Å². The number of fused-ring (bicyclic) bond motifs is 2.